The molecule has 1 aliphatic rings. The van der Waals surface area contributed by atoms with E-state index < -0.39 is 0 Å². The van der Waals surface area contributed by atoms with E-state index in [-0.39, 0.29) is 17.4 Å². The number of carbonyl (C=O) groups is 1. The number of carbonyl (C=O) groups excluding carboxylic acids is 1. The number of H-pyrrole nitrogens is 1. The van der Waals surface area contributed by atoms with Gasteiger partial charge in [-0.3, -0.25) is 4.79 Å². The lowest BCUT2D eigenvalue weighted by molar-refractivity contribution is 0.102. The molecular formula is C17H15N3O3. The van der Waals surface area contributed by atoms with Crippen LogP contribution in [0.1, 0.15) is 34.9 Å². The first-order valence-corrected chi connectivity index (χ1v) is 7.44. The molecule has 3 aromatic rings. The molecule has 0 unspecified atom stereocenters. The highest BCUT2D eigenvalue weighted by atomic mass is 16.3. The number of rotatable bonds is 3. The van der Waals surface area contributed by atoms with Crippen LogP contribution in [-0.2, 0) is 0 Å². The largest absolute Gasteiger partial charge is 0.508 e. The molecule has 2 aromatic carbocycles. The second-order valence-electron chi connectivity index (χ2n) is 5.75. The van der Waals surface area contributed by atoms with Gasteiger partial charge in [-0.25, -0.2) is 4.98 Å². The average molecular weight is 309 g/mol. The van der Waals surface area contributed by atoms with Crippen molar-refractivity contribution in [1.82, 2.24) is 9.97 Å². The molecule has 0 spiro atoms. The molecule has 0 atom stereocenters. The molecule has 4 rings (SSSR count). The predicted octanol–water partition coefficient (Wildman–Crippen LogP) is 3.10. The van der Waals surface area contributed by atoms with E-state index in [2.05, 4.69) is 15.3 Å². The van der Waals surface area contributed by atoms with E-state index in [1.807, 2.05) is 0 Å². The zero-order chi connectivity index (χ0) is 16.0. The SMILES string of the molecule is O=C(Nc1ccc(O)cc1)c1ccc(O)c2[nH]c(C3CC3)nc12. The van der Waals surface area contributed by atoms with Crippen LogP contribution in [0.3, 0.4) is 0 Å². The minimum atomic E-state index is -0.311. The number of nitrogens with one attached hydrogen (secondary N) is 2. The van der Waals surface area contributed by atoms with E-state index in [0.717, 1.165) is 18.7 Å². The summed E-state index contributed by atoms with van der Waals surface area (Å²) in [6.45, 7) is 0. The Bertz CT molecular complexity index is 895. The number of aromatic nitrogens is 2. The third-order valence-corrected chi connectivity index (χ3v) is 3.98. The monoisotopic (exact) mass is 309 g/mol. The number of hydrogen-bond donors (Lipinski definition) is 4. The van der Waals surface area contributed by atoms with Crippen molar-refractivity contribution >= 4 is 22.6 Å². The zero-order valence-electron chi connectivity index (χ0n) is 12.2. The van der Waals surface area contributed by atoms with Gasteiger partial charge in [-0.2, -0.15) is 0 Å². The number of hydrogen-bond acceptors (Lipinski definition) is 4. The molecule has 1 saturated carbocycles. The van der Waals surface area contributed by atoms with E-state index in [0.29, 0.717) is 28.2 Å². The van der Waals surface area contributed by atoms with E-state index in [4.69, 9.17) is 0 Å². The first-order chi connectivity index (χ1) is 11.1. The maximum Gasteiger partial charge on any atom is 0.257 e. The lowest BCUT2D eigenvalue weighted by Gasteiger charge is -2.06. The normalized spacial score (nSPS) is 14.1. The number of anilines is 1. The smallest absolute Gasteiger partial charge is 0.257 e. The van der Waals surface area contributed by atoms with Gasteiger partial charge in [0.15, 0.2) is 0 Å². The Labute approximate surface area is 131 Å². The van der Waals surface area contributed by atoms with E-state index >= 15 is 0 Å². The van der Waals surface area contributed by atoms with Crippen LogP contribution < -0.4 is 5.32 Å². The molecule has 0 saturated heterocycles. The summed E-state index contributed by atoms with van der Waals surface area (Å²) < 4.78 is 0. The molecule has 6 heteroatoms. The molecule has 0 radical (unpaired) electrons. The first-order valence-electron chi connectivity index (χ1n) is 7.44. The second kappa shape index (κ2) is 5.01. The Morgan fingerprint density at radius 3 is 2.57 bits per heavy atom. The summed E-state index contributed by atoms with van der Waals surface area (Å²) in [6, 6.07) is 9.29. The average Bonchev–Trinajstić information content (AvgIpc) is 3.29. The number of imidazole rings is 1. The highest BCUT2D eigenvalue weighted by molar-refractivity contribution is 6.12. The summed E-state index contributed by atoms with van der Waals surface area (Å²) >= 11 is 0. The van der Waals surface area contributed by atoms with Crippen molar-refractivity contribution in [3.8, 4) is 11.5 Å². The fraction of sp³-hybridized carbons (Fsp3) is 0.176. The van der Waals surface area contributed by atoms with Crippen LogP contribution in [-0.4, -0.2) is 26.1 Å². The van der Waals surface area contributed by atoms with Crippen LogP contribution in [0.5, 0.6) is 11.5 Å². The van der Waals surface area contributed by atoms with Crippen LogP contribution >= 0.6 is 0 Å². The van der Waals surface area contributed by atoms with Crippen molar-refractivity contribution in [1.29, 1.82) is 0 Å². The fourth-order valence-electron chi connectivity index (χ4n) is 2.57. The molecule has 1 amide bonds. The summed E-state index contributed by atoms with van der Waals surface area (Å²) in [5, 5.41) is 22.0. The van der Waals surface area contributed by atoms with Gasteiger partial charge in [0.25, 0.3) is 5.91 Å². The van der Waals surface area contributed by atoms with Crippen molar-refractivity contribution in [2.24, 2.45) is 0 Å². The van der Waals surface area contributed by atoms with Crippen molar-refractivity contribution in [3.05, 3.63) is 47.8 Å². The standard InChI is InChI=1S/C17H15N3O3/c21-11-5-3-10(4-6-11)18-17(23)12-7-8-13(22)15-14(12)19-16(20-15)9-1-2-9/h3-9,21-22H,1-2H2,(H,18,23)(H,19,20). The summed E-state index contributed by atoms with van der Waals surface area (Å²) in [5.41, 5.74) is 1.94. The highest BCUT2D eigenvalue weighted by Gasteiger charge is 2.28. The molecule has 116 valence electrons. The van der Waals surface area contributed by atoms with E-state index in [1.165, 1.54) is 18.2 Å². The number of fused-ring (bicyclic) bond motifs is 1. The lowest BCUT2D eigenvalue weighted by atomic mass is 10.1. The van der Waals surface area contributed by atoms with E-state index in [9.17, 15) is 15.0 Å². The van der Waals surface area contributed by atoms with Crippen molar-refractivity contribution in [2.75, 3.05) is 5.32 Å². The highest BCUT2D eigenvalue weighted by Crippen LogP contribution is 2.40. The Balaban J connectivity index is 1.71. The molecule has 1 aromatic heterocycles. The number of amides is 1. The molecule has 23 heavy (non-hydrogen) atoms. The third kappa shape index (κ3) is 2.48. The summed E-state index contributed by atoms with van der Waals surface area (Å²) in [4.78, 5) is 20.1. The second-order valence-corrected chi connectivity index (χ2v) is 5.75. The number of phenolic OH excluding ortho intramolecular Hbond substituents is 2. The van der Waals surface area contributed by atoms with Crippen LogP contribution in [0.2, 0.25) is 0 Å². The molecular weight excluding hydrogens is 294 g/mol. The van der Waals surface area contributed by atoms with Crippen LogP contribution in [0.25, 0.3) is 11.0 Å². The van der Waals surface area contributed by atoms with Crippen LogP contribution in [0.4, 0.5) is 5.69 Å². The number of phenols is 2. The van der Waals surface area contributed by atoms with Gasteiger partial charge in [0, 0.05) is 11.6 Å². The van der Waals surface area contributed by atoms with Gasteiger partial charge in [-0.05, 0) is 49.2 Å². The van der Waals surface area contributed by atoms with Gasteiger partial charge in [-0.1, -0.05) is 0 Å². The predicted molar refractivity (Wildman–Crippen MR) is 85.8 cm³/mol. The number of aromatic hydroxyl groups is 2. The topological polar surface area (TPSA) is 98.2 Å². The van der Waals surface area contributed by atoms with Gasteiger partial charge in [0.2, 0.25) is 0 Å². The Kier molecular flexibility index (Phi) is 2.97. The summed E-state index contributed by atoms with van der Waals surface area (Å²) in [6.07, 6.45) is 2.16. The number of aromatic amines is 1. The van der Waals surface area contributed by atoms with Gasteiger partial charge in [0.1, 0.15) is 28.4 Å². The molecule has 0 bridgehead atoms. The van der Waals surface area contributed by atoms with E-state index in [1.54, 1.807) is 18.2 Å². The fourth-order valence-corrected chi connectivity index (χ4v) is 2.57. The number of benzene rings is 2. The Hall–Kier alpha value is -3.02. The Morgan fingerprint density at radius 2 is 1.87 bits per heavy atom. The molecule has 6 nitrogen and oxygen atoms in total. The Morgan fingerprint density at radius 1 is 1.13 bits per heavy atom. The van der Waals surface area contributed by atoms with Crippen molar-refractivity contribution in [3.63, 3.8) is 0 Å². The maximum absolute atomic E-state index is 12.5. The summed E-state index contributed by atoms with van der Waals surface area (Å²) in [7, 11) is 0. The van der Waals surface area contributed by atoms with Crippen LogP contribution in [0, 0.1) is 0 Å². The zero-order valence-corrected chi connectivity index (χ0v) is 12.2. The first kappa shape index (κ1) is 13.6. The van der Waals surface area contributed by atoms with Crippen molar-refractivity contribution in [2.45, 2.75) is 18.8 Å². The minimum Gasteiger partial charge on any atom is -0.508 e. The minimum absolute atomic E-state index is 0.0839. The van der Waals surface area contributed by atoms with Crippen molar-refractivity contribution < 1.29 is 15.0 Å². The van der Waals surface area contributed by atoms with Gasteiger partial charge in [-0.15, -0.1) is 0 Å². The van der Waals surface area contributed by atoms with Gasteiger partial charge < -0.3 is 20.5 Å². The molecule has 1 fully saturated rings. The number of nitrogens with zero attached hydrogens (tertiary/aromatic N) is 1. The molecule has 1 aliphatic carbocycles. The van der Waals surface area contributed by atoms with Gasteiger partial charge in [0.05, 0.1) is 5.56 Å². The summed E-state index contributed by atoms with van der Waals surface area (Å²) in [5.74, 6) is 1.13. The quantitative estimate of drug-likeness (QED) is 0.559. The molecule has 1 heterocycles. The third-order valence-electron chi connectivity index (χ3n) is 3.98. The van der Waals surface area contributed by atoms with Crippen LogP contribution in [0.15, 0.2) is 36.4 Å². The van der Waals surface area contributed by atoms with Gasteiger partial charge >= 0.3 is 0 Å². The molecule has 0 aliphatic heterocycles. The molecule has 4 N–H and O–H groups in total. The maximum atomic E-state index is 12.5. The lowest BCUT2D eigenvalue weighted by Crippen LogP contribution is -2.12.